The van der Waals surface area contributed by atoms with Crippen LogP contribution in [-0.4, -0.2) is 48.7 Å². The summed E-state index contributed by atoms with van der Waals surface area (Å²) in [5.74, 6) is 1.01. The van der Waals surface area contributed by atoms with Gasteiger partial charge in [0.25, 0.3) is 0 Å². The zero-order valence-corrected chi connectivity index (χ0v) is 15.9. The molecule has 25 heavy (non-hydrogen) atoms. The Balaban J connectivity index is 0.000000188. The highest BCUT2D eigenvalue weighted by atomic mass is 32.2. The van der Waals surface area contributed by atoms with Crippen LogP contribution in [0.25, 0.3) is 11.1 Å². The first-order valence-corrected chi connectivity index (χ1v) is 10.3. The highest BCUT2D eigenvalue weighted by Crippen LogP contribution is 2.43. The van der Waals surface area contributed by atoms with Crippen LogP contribution in [0.2, 0.25) is 0 Å². The number of hydrogen-bond acceptors (Lipinski definition) is 4. The first-order valence-electron chi connectivity index (χ1n) is 8.70. The Kier molecular flexibility index (Phi) is 5.89. The Bertz CT molecular complexity index is 746. The van der Waals surface area contributed by atoms with E-state index in [-0.39, 0.29) is 0 Å². The maximum Gasteiger partial charge on any atom is 0.126 e. The lowest BCUT2D eigenvalue weighted by atomic mass is 10.0. The molecule has 1 heterocycles. The third-order valence-electron chi connectivity index (χ3n) is 4.78. The first-order chi connectivity index (χ1) is 12.1. The monoisotopic (exact) mass is 358 g/mol. The van der Waals surface area contributed by atoms with Gasteiger partial charge in [0.1, 0.15) is 5.75 Å². The van der Waals surface area contributed by atoms with E-state index in [1.807, 2.05) is 18.2 Å². The van der Waals surface area contributed by atoms with Gasteiger partial charge in [-0.25, -0.2) is 0 Å². The second kappa shape index (κ2) is 8.13. The fraction of sp³-hybridized carbons (Fsp3) is 0.400. The van der Waals surface area contributed by atoms with Crippen LogP contribution in [0.15, 0.2) is 47.4 Å². The Morgan fingerprint density at radius 3 is 2.48 bits per heavy atom. The molecule has 1 saturated heterocycles. The number of rotatable bonds is 4. The van der Waals surface area contributed by atoms with Gasteiger partial charge in [-0.2, -0.15) is 0 Å². The molecule has 1 aliphatic heterocycles. The Labute approximate surface area is 152 Å². The van der Waals surface area contributed by atoms with Gasteiger partial charge in [0.05, 0.1) is 7.11 Å². The van der Waals surface area contributed by atoms with E-state index in [4.69, 9.17) is 4.74 Å². The summed E-state index contributed by atoms with van der Waals surface area (Å²) in [4.78, 5) is 3.38. The van der Waals surface area contributed by atoms with Crippen LogP contribution in [0.5, 0.6) is 5.75 Å². The molecule has 0 spiro atoms. The summed E-state index contributed by atoms with van der Waals surface area (Å²) in [6.45, 7) is 6.45. The van der Waals surface area contributed by atoms with Crippen molar-refractivity contribution < 1.29 is 8.95 Å². The van der Waals surface area contributed by atoms with Gasteiger partial charge in [0, 0.05) is 53.2 Å². The van der Waals surface area contributed by atoms with Gasteiger partial charge in [-0.05, 0) is 41.9 Å². The third kappa shape index (κ3) is 4.29. The normalized spacial score (nSPS) is 19.6. The van der Waals surface area contributed by atoms with Gasteiger partial charge in [-0.3, -0.25) is 9.11 Å². The average Bonchev–Trinajstić information content (AvgIpc) is 3.33. The molecule has 2 atom stereocenters. The van der Waals surface area contributed by atoms with Crippen molar-refractivity contribution in [1.29, 1.82) is 0 Å². The molecule has 1 N–H and O–H groups in total. The summed E-state index contributed by atoms with van der Waals surface area (Å²) in [5.41, 5.74) is 3.93. The van der Waals surface area contributed by atoms with Crippen molar-refractivity contribution in [3.8, 4) is 16.9 Å². The fourth-order valence-electron chi connectivity index (χ4n) is 3.24. The Morgan fingerprint density at radius 1 is 1.24 bits per heavy atom. The molecule has 1 aromatic rings. The van der Waals surface area contributed by atoms with Crippen LogP contribution in [0, 0.1) is 0 Å². The van der Waals surface area contributed by atoms with Crippen LogP contribution in [0.4, 0.5) is 0 Å². The van der Waals surface area contributed by atoms with E-state index >= 15 is 0 Å². The quantitative estimate of drug-likeness (QED) is 0.778. The maximum atomic E-state index is 11.3. The number of ether oxygens (including phenoxy) is 1. The summed E-state index contributed by atoms with van der Waals surface area (Å²) in [6.07, 6.45) is 1.72. The molecule has 4 nitrogen and oxygen atoms in total. The highest BCUT2D eigenvalue weighted by molar-refractivity contribution is 7.84. The SMILES string of the molecule is CCN1CCNCC1c1ccc(S(C)=O)cc1.COc1ccc2cc1-2. The molecule has 0 aromatic heterocycles. The van der Waals surface area contributed by atoms with Gasteiger partial charge in [-0.15, -0.1) is 0 Å². The molecular weight excluding hydrogens is 332 g/mol. The molecule has 0 radical (unpaired) electrons. The molecule has 5 heteroatoms. The summed E-state index contributed by atoms with van der Waals surface area (Å²) >= 11 is 0. The minimum Gasteiger partial charge on any atom is -0.496 e. The van der Waals surface area contributed by atoms with Crippen LogP contribution in [0.3, 0.4) is 0 Å². The number of piperazine rings is 1. The van der Waals surface area contributed by atoms with Crippen molar-refractivity contribution in [2.75, 3.05) is 39.5 Å². The summed E-state index contributed by atoms with van der Waals surface area (Å²) in [7, 11) is 0.814. The van der Waals surface area contributed by atoms with E-state index in [9.17, 15) is 4.21 Å². The second-order valence-corrected chi connectivity index (χ2v) is 7.67. The number of fused-ring (bicyclic) bond motifs is 1. The van der Waals surface area contributed by atoms with E-state index < -0.39 is 10.8 Å². The minimum atomic E-state index is -0.882. The van der Waals surface area contributed by atoms with Crippen molar-refractivity contribution >= 4 is 10.8 Å². The lowest BCUT2D eigenvalue weighted by Crippen LogP contribution is -2.45. The molecule has 0 amide bonds. The van der Waals surface area contributed by atoms with Crippen LogP contribution >= 0.6 is 0 Å². The standard InChI is InChI=1S/C13H20N2OS.C7H6O/c1-3-15-9-8-14-10-13(15)11-4-6-12(7-5-11)17(2)16;1-8-7-3-2-5-4-6(5)7/h4-7,13-14H,3,8-10H2,1-2H3;2-4H,1H3. The zero-order chi connectivity index (χ0) is 17.8. The van der Waals surface area contributed by atoms with Gasteiger partial charge < -0.3 is 10.1 Å². The van der Waals surface area contributed by atoms with E-state index in [2.05, 4.69) is 41.4 Å². The number of methoxy groups -OCH3 is 1. The molecule has 3 aliphatic rings. The second-order valence-electron chi connectivity index (χ2n) is 6.29. The fourth-order valence-corrected chi connectivity index (χ4v) is 3.76. The van der Waals surface area contributed by atoms with Crippen molar-refractivity contribution in [2.45, 2.75) is 17.9 Å². The van der Waals surface area contributed by atoms with Crippen molar-refractivity contribution in [3.05, 3.63) is 48.0 Å². The van der Waals surface area contributed by atoms with Gasteiger partial charge in [-0.1, -0.05) is 25.1 Å². The molecule has 2 unspecified atom stereocenters. The van der Waals surface area contributed by atoms with E-state index in [1.165, 1.54) is 16.7 Å². The summed E-state index contributed by atoms with van der Waals surface area (Å²) < 4.78 is 16.3. The number of nitrogens with zero attached hydrogens (tertiary/aromatic N) is 1. The van der Waals surface area contributed by atoms with Crippen LogP contribution in [0.1, 0.15) is 18.5 Å². The third-order valence-corrected chi connectivity index (χ3v) is 5.72. The zero-order valence-electron chi connectivity index (χ0n) is 15.1. The predicted molar refractivity (Wildman–Crippen MR) is 104 cm³/mol. The molecule has 134 valence electrons. The number of nitrogens with one attached hydrogen (secondary N) is 1. The lowest BCUT2D eigenvalue weighted by Gasteiger charge is -2.35. The van der Waals surface area contributed by atoms with Gasteiger partial charge >= 0.3 is 0 Å². The van der Waals surface area contributed by atoms with E-state index in [0.29, 0.717) is 6.04 Å². The molecule has 4 rings (SSSR count). The van der Waals surface area contributed by atoms with Crippen molar-refractivity contribution in [2.24, 2.45) is 0 Å². The van der Waals surface area contributed by atoms with Crippen molar-refractivity contribution in [3.63, 3.8) is 0 Å². The highest BCUT2D eigenvalue weighted by Gasteiger charge is 2.22. The summed E-state index contributed by atoms with van der Waals surface area (Å²) in [6, 6.07) is 14.8. The molecule has 2 aliphatic carbocycles. The smallest absolute Gasteiger partial charge is 0.126 e. The lowest BCUT2D eigenvalue weighted by molar-refractivity contribution is 0.171. The molecule has 0 saturated carbocycles. The minimum absolute atomic E-state index is 0.452. The largest absolute Gasteiger partial charge is 0.496 e. The van der Waals surface area contributed by atoms with Gasteiger partial charge in [0.2, 0.25) is 0 Å². The van der Waals surface area contributed by atoms with Crippen LogP contribution in [-0.2, 0) is 10.8 Å². The molecular formula is C20H26N2O2S. The first kappa shape index (κ1) is 18.1. The van der Waals surface area contributed by atoms with Crippen LogP contribution < -0.4 is 10.1 Å². The molecule has 1 fully saturated rings. The van der Waals surface area contributed by atoms with E-state index in [0.717, 1.165) is 36.8 Å². The summed E-state index contributed by atoms with van der Waals surface area (Å²) in [5, 5.41) is 3.43. The topological polar surface area (TPSA) is 41.6 Å². The average molecular weight is 359 g/mol. The van der Waals surface area contributed by atoms with E-state index in [1.54, 1.807) is 13.4 Å². The maximum absolute atomic E-state index is 11.3. The van der Waals surface area contributed by atoms with Gasteiger partial charge in [0.15, 0.2) is 0 Å². The van der Waals surface area contributed by atoms with Crippen molar-refractivity contribution in [1.82, 2.24) is 10.2 Å². The molecule has 1 aromatic carbocycles. The predicted octanol–water partition coefficient (Wildman–Crippen LogP) is 3.07. The Morgan fingerprint density at radius 2 is 2.00 bits per heavy atom. The molecule has 0 bridgehead atoms. The number of hydrogen-bond donors (Lipinski definition) is 1. The number of benzene rings is 2. The number of likely N-dealkylation sites (N-methyl/N-ethyl adjacent to an activating group) is 1. The Hall–Kier alpha value is -1.69.